The van der Waals surface area contributed by atoms with Gasteiger partial charge >= 0.3 is 0 Å². The second-order valence-electron chi connectivity index (χ2n) is 10.7. The van der Waals surface area contributed by atoms with Crippen molar-refractivity contribution >= 4 is 18.1 Å². The maximum Gasteiger partial charge on any atom is 0.223 e. The predicted octanol–water partition coefficient (Wildman–Crippen LogP) is 6.17. The van der Waals surface area contributed by atoms with Crippen molar-refractivity contribution in [3.63, 3.8) is 0 Å². The Kier molecular flexibility index (Phi) is 7.88. The lowest BCUT2D eigenvalue weighted by atomic mass is 9.87. The van der Waals surface area contributed by atoms with Gasteiger partial charge in [-0.15, -0.1) is 0 Å². The van der Waals surface area contributed by atoms with E-state index in [0.717, 1.165) is 32.0 Å². The zero-order chi connectivity index (χ0) is 22.5. The summed E-state index contributed by atoms with van der Waals surface area (Å²) in [5.74, 6) is 2.70. The first-order valence-electron chi connectivity index (χ1n) is 13.0. The summed E-state index contributed by atoms with van der Waals surface area (Å²) in [6, 6.07) is 9.09. The number of hydrogen-bond acceptors (Lipinski definition) is 2. The first-order valence-corrected chi connectivity index (χ1v) is 13.0. The maximum absolute atomic E-state index is 12.7. The van der Waals surface area contributed by atoms with Crippen molar-refractivity contribution in [1.82, 2.24) is 10.2 Å². The molecule has 0 bridgehead atoms. The van der Waals surface area contributed by atoms with Crippen LogP contribution in [0.4, 0.5) is 0 Å². The Hall–Kier alpha value is -1.87. The third-order valence-corrected chi connectivity index (χ3v) is 8.07. The Labute approximate surface area is 195 Å². The molecule has 1 aromatic carbocycles. The molecule has 0 unspecified atom stereocenters. The Morgan fingerprint density at radius 2 is 1.75 bits per heavy atom. The third-order valence-electron chi connectivity index (χ3n) is 8.07. The molecule has 1 saturated heterocycles. The zero-order valence-corrected chi connectivity index (χ0v) is 20.4. The van der Waals surface area contributed by atoms with E-state index in [1.807, 2.05) is 0 Å². The van der Waals surface area contributed by atoms with Gasteiger partial charge in [0, 0.05) is 18.5 Å². The van der Waals surface area contributed by atoms with Gasteiger partial charge in [-0.2, -0.15) is 0 Å². The molecule has 1 amide bonds. The van der Waals surface area contributed by atoms with Crippen molar-refractivity contribution in [3.05, 3.63) is 47.0 Å². The lowest BCUT2D eigenvalue weighted by molar-refractivity contribution is -0.123. The molecule has 174 valence electrons. The van der Waals surface area contributed by atoms with Gasteiger partial charge in [0.2, 0.25) is 5.91 Å². The third kappa shape index (κ3) is 6.13. The number of allylic oxidation sites excluding steroid dienone is 2. The second-order valence-corrected chi connectivity index (χ2v) is 10.7. The van der Waals surface area contributed by atoms with Crippen LogP contribution in [0.2, 0.25) is 0 Å². The topological polar surface area (TPSA) is 32.3 Å². The van der Waals surface area contributed by atoms with Gasteiger partial charge < -0.3 is 10.2 Å². The number of nitrogens with zero attached hydrogens (tertiary/aromatic N) is 1. The van der Waals surface area contributed by atoms with Crippen LogP contribution < -0.4 is 5.32 Å². The maximum atomic E-state index is 12.7. The first kappa shape index (κ1) is 23.3. The summed E-state index contributed by atoms with van der Waals surface area (Å²) in [5.41, 5.74) is 4.13. The van der Waals surface area contributed by atoms with Gasteiger partial charge in [0.1, 0.15) is 0 Å². The second kappa shape index (κ2) is 10.8. The minimum atomic E-state index is 0.275. The summed E-state index contributed by atoms with van der Waals surface area (Å²) >= 11 is 0. The molecule has 2 atom stereocenters. The molecular weight excluding hydrogens is 392 g/mol. The van der Waals surface area contributed by atoms with Crippen LogP contribution in [0.3, 0.4) is 0 Å². The van der Waals surface area contributed by atoms with Gasteiger partial charge in [-0.05, 0) is 101 Å². The number of carbonyl (C=O) groups is 1. The molecule has 4 rings (SSSR count). The highest BCUT2D eigenvalue weighted by Gasteiger charge is 2.44. The van der Waals surface area contributed by atoms with Crippen LogP contribution in [0.15, 0.2) is 35.9 Å². The molecule has 3 nitrogen and oxygen atoms in total. The van der Waals surface area contributed by atoms with Crippen molar-refractivity contribution in [2.75, 3.05) is 19.6 Å². The number of benzene rings is 1. The molecule has 32 heavy (non-hydrogen) atoms. The highest BCUT2D eigenvalue weighted by molar-refractivity contribution is 5.81. The molecule has 3 aliphatic rings. The van der Waals surface area contributed by atoms with Gasteiger partial charge in [0.15, 0.2) is 0 Å². The molecule has 1 aliphatic heterocycles. The highest BCUT2D eigenvalue weighted by atomic mass is 16.2. The van der Waals surface area contributed by atoms with Gasteiger partial charge in [-0.3, -0.25) is 4.79 Å². The van der Waals surface area contributed by atoms with Crippen molar-refractivity contribution in [3.8, 4) is 0 Å². The Balaban J connectivity index is 1.21. The van der Waals surface area contributed by atoms with Gasteiger partial charge in [-0.25, -0.2) is 0 Å². The van der Waals surface area contributed by atoms with Gasteiger partial charge in [0.25, 0.3) is 0 Å². The number of rotatable bonds is 7. The number of nitrogens with one attached hydrogen (secondary N) is 1. The molecule has 3 heteroatoms. The lowest BCUT2D eigenvalue weighted by Crippen LogP contribution is -2.39. The summed E-state index contributed by atoms with van der Waals surface area (Å²) in [5, 5.41) is 3.36. The first-order chi connectivity index (χ1) is 15.5. The van der Waals surface area contributed by atoms with E-state index in [4.69, 9.17) is 0 Å². The van der Waals surface area contributed by atoms with E-state index in [2.05, 4.69) is 73.5 Å². The van der Waals surface area contributed by atoms with E-state index < -0.39 is 0 Å². The largest absolute Gasteiger partial charge is 0.353 e. The summed E-state index contributed by atoms with van der Waals surface area (Å²) in [6.07, 6.45) is 15.1. The summed E-state index contributed by atoms with van der Waals surface area (Å²) in [7, 11) is 0. The molecule has 1 aromatic rings. The Bertz CT molecular complexity index is 825. The monoisotopic (exact) mass is 434 g/mol. The van der Waals surface area contributed by atoms with E-state index in [9.17, 15) is 4.79 Å². The van der Waals surface area contributed by atoms with Crippen LogP contribution in [0, 0.1) is 23.7 Å². The molecule has 1 heterocycles. The quantitative estimate of drug-likeness (QED) is 0.557. The number of hydrogen-bond donors (Lipinski definition) is 1. The molecule has 0 spiro atoms. The van der Waals surface area contributed by atoms with Gasteiger partial charge in [-0.1, -0.05) is 55.0 Å². The molecular formula is C29H42N2O. The van der Waals surface area contributed by atoms with E-state index in [1.54, 1.807) is 0 Å². The minimum absolute atomic E-state index is 0.275. The van der Waals surface area contributed by atoms with Crippen LogP contribution >= 0.6 is 0 Å². The van der Waals surface area contributed by atoms with Crippen molar-refractivity contribution in [1.29, 1.82) is 0 Å². The fourth-order valence-corrected chi connectivity index (χ4v) is 5.72. The SMILES string of the molecule is C/C=C/c1ccccc1/C=C(\C)C1CCN(C[C@@H]2C[C@H]2C(=O)NC2CCC(C)CC2)CC1. The number of amides is 1. The Morgan fingerprint density at radius 1 is 1.06 bits per heavy atom. The smallest absolute Gasteiger partial charge is 0.223 e. The highest BCUT2D eigenvalue weighted by Crippen LogP contribution is 2.40. The van der Waals surface area contributed by atoms with Crippen LogP contribution in [0.25, 0.3) is 12.2 Å². The van der Waals surface area contributed by atoms with Crippen molar-refractivity contribution in [2.24, 2.45) is 23.7 Å². The van der Waals surface area contributed by atoms with Crippen molar-refractivity contribution < 1.29 is 4.79 Å². The van der Waals surface area contributed by atoms with E-state index in [-0.39, 0.29) is 5.92 Å². The Morgan fingerprint density at radius 3 is 2.44 bits per heavy atom. The van der Waals surface area contributed by atoms with Crippen molar-refractivity contribution in [2.45, 2.75) is 71.8 Å². The summed E-state index contributed by atoms with van der Waals surface area (Å²) < 4.78 is 0. The summed E-state index contributed by atoms with van der Waals surface area (Å²) in [6.45, 7) is 10.2. The van der Waals surface area contributed by atoms with Crippen LogP contribution in [-0.2, 0) is 4.79 Å². The predicted molar refractivity (Wildman–Crippen MR) is 135 cm³/mol. The van der Waals surface area contributed by atoms with Crippen LogP contribution in [0.5, 0.6) is 0 Å². The van der Waals surface area contributed by atoms with Crippen LogP contribution in [-0.4, -0.2) is 36.5 Å². The van der Waals surface area contributed by atoms with Gasteiger partial charge in [0.05, 0.1) is 0 Å². The number of likely N-dealkylation sites (tertiary alicyclic amines) is 1. The molecule has 0 radical (unpaired) electrons. The lowest BCUT2D eigenvalue weighted by Gasteiger charge is -2.32. The number of carbonyl (C=O) groups excluding carboxylic acids is 1. The van der Waals surface area contributed by atoms with Crippen LogP contribution in [0.1, 0.15) is 76.8 Å². The standard InChI is InChI=1S/C29H42N2O/c1-4-7-24-8-5-6-9-25(24)18-22(3)23-14-16-31(17-15-23)20-26-19-28(26)29(32)30-27-12-10-21(2)11-13-27/h4-9,18,21,23,26-28H,10-17,19-20H2,1-3H3,(H,30,32)/b7-4+,22-18+/t21?,26-,27?,28+/m0/s1. The average molecular weight is 435 g/mol. The van der Waals surface area contributed by atoms with E-state index in [1.165, 1.54) is 55.2 Å². The average Bonchev–Trinajstić information content (AvgIpc) is 3.56. The minimum Gasteiger partial charge on any atom is -0.353 e. The molecule has 1 N–H and O–H groups in total. The van der Waals surface area contributed by atoms with E-state index >= 15 is 0 Å². The fourth-order valence-electron chi connectivity index (χ4n) is 5.72. The summed E-state index contributed by atoms with van der Waals surface area (Å²) in [4.78, 5) is 15.3. The number of piperidine rings is 1. The van der Waals surface area contributed by atoms with E-state index in [0.29, 0.717) is 23.8 Å². The normalized spacial score (nSPS) is 29.9. The zero-order valence-electron chi connectivity index (χ0n) is 20.4. The fraction of sp³-hybridized carbons (Fsp3) is 0.621. The molecule has 3 fully saturated rings. The molecule has 2 saturated carbocycles. The molecule has 2 aliphatic carbocycles. The molecule has 0 aromatic heterocycles.